The quantitative estimate of drug-likeness (QED) is 0.295. The molecule has 0 atom stereocenters. The van der Waals surface area contributed by atoms with Crippen molar-refractivity contribution < 1.29 is 0 Å². The molecule has 3 heteroatoms. The molecule has 0 aliphatic heterocycles. The summed E-state index contributed by atoms with van der Waals surface area (Å²) >= 11 is 0. The number of azo groups is 1. The Morgan fingerprint density at radius 1 is 1.38 bits per heavy atom. The third-order valence-electron chi connectivity index (χ3n) is 0.469. The maximum absolute atomic E-state index is 3.71. The highest BCUT2D eigenvalue weighted by molar-refractivity contribution is 5.55. The van der Waals surface area contributed by atoms with Crippen molar-refractivity contribution in [2.45, 2.75) is 6.92 Å². The molecule has 0 aromatic rings. The van der Waals surface area contributed by atoms with Gasteiger partial charge in [0, 0.05) is 13.2 Å². The van der Waals surface area contributed by atoms with Crippen LogP contribution in [0.25, 0.3) is 0 Å². The highest BCUT2D eigenvalue weighted by Gasteiger charge is 1.56. The van der Waals surface area contributed by atoms with Crippen molar-refractivity contribution in [3.05, 3.63) is 12.3 Å². The normalized spacial score (nSPS) is 12.8. The van der Waals surface area contributed by atoms with Gasteiger partial charge in [0.2, 0.25) is 0 Å². The Hall–Kier alpha value is -0.990. The van der Waals surface area contributed by atoms with E-state index in [1.54, 1.807) is 13.2 Å². The molecule has 0 heterocycles. The van der Waals surface area contributed by atoms with E-state index in [4.69, 9.17) is 0 Å². The van der Waals surface area contributed by atoms with Gasteiger partial charge in [-0.1, -0.05) is 6.08 Å². The zero-order valence-electron chi connectivity index (χ0n) is 5.07. The Labute approximate surface area is 48.9 Å². The van der Waals surface area contributed by atoms with Gasteiger partial charge in [0.15, 0.2) is 0 Å². The predicted molar refractivity (Wildman–Crippen MR) is 34.1 cm³/mol. The molecular weight excluding hydrogens is 102 g/mol. The predicted octanol–water partition coefficient (Wildman–Crippen LogP) is 1.63. The Morgan fingerprint density at radius 2 is 2.12 bits per heavy atom. The molecule has 0 aromatic carbocycles. The molecule has 0 radical (unpaired) electrons. The lowest BCUT2D eigenvalue weighted by atomic mass is 10.7. The molecule has 3 nitrogen and oxygen atoms in total. The van der Waals surface area contributed by atoms with E-state index in [1.807, 2.05) is 13.0 Å². The van der Waals surface area contributed by atoms with Gasteiger partial charge in [-0.25, -0.2) is 4.99 Å². The van der Waals surface area contributed by atoms with E-state index in [9.17, 15) is 0 Å². The van der Waals surface area contributed by atoms with Gasteiger partial charge in [0.1, 0.15) is 6.34 Å². The van der Waals surface area contributed by atoms with E-state index in [0.29, 0.717) is 0 Å². The molecule has 0 aliphatic rings. The standard InChI is InChI=1S/C5H9N3/c1-3-4-7-5-8-6-2/h3-5H,1-2H3/b4-3-,7-5?,8-6?. The number of nitrogens with zero attached hydrogens (tertiary/aromatic N) is 3. The zero-order chi connectivity index (χ0) is 6.24. The molecule has 0 spiro atoms. The van der Waals surface area contributed by atoms with Crippen LogP contribution >= 0.6 is 0 Å². The van der Waals surface area contributed by atoms with E-state index in [1.165, 1.54) is 6.34 Å². The second-order valence-electron chi connectivity index (χ2n) is 1.06. The lowest BCUT2D eigenvalue weighted by Gasteiger charge is -1.68. The van der Waals surface area contributed by atoms with Crippen molar-refractivity contribution in [3.63, 3.8) is 0 Å². The fourth-order valence-corrected chi connectivity index (χ4v) is 0.206. The Bertz CT molecular complexity index is 98.8. The first-order chi connectivity index (χ1) is 3.91. The first-order valence-corrected chi connectivity index (χ1v) is 2.33. The van der Waals surface area contributed by atoms with Crippen molar-refractivity contribution in [1.29, 1.82) is 0 Å². The zero-order valence-corrected chi connectivity index (χ0v) is 5.07. The van der Waals surface area contributed by atoms with Crippen molar-refractivity contribution in [3.8, 4) is 0 Å². The van der Waals surface area contributed by atoms with Crippen molar-refractivity contribution in [2.24, 2.45) is 15.2 Å². The Balaban J connectivity index is 3.35. The summed E-state index contributed by atoms with van der Waals surface area (Å²) in [5.74, 6) is 0. The second-order valence-corrected chi connectivity index (χ2v) is 1.06. The lowest BCUT2D eigenvalue weighted by molar-refractivity contribution is 1.22. The van der Waals surface area contributed by atoms with Gasteiger partial charge in [-0.05, 0) is 6.92 Å². The van der Waals surface area contributed by atoms with Gasteiger partial charge in [0.05, 0.1) is 0 Å². The summed E-state index contributed by atoms with van der Waals surface area (Å²) in [5.41, 5.74) is 0. The maximum atomic E-state index is 3.71. The van der Waals surface area contributed by atoms with Crippen LogP contribution in [0.3, 0.4) is 0 Å². The van der Waals surface area contributed by atoms with Crippen LogP contribution < -0.4 is 0 Å². The summed E-state index contributed by atoms with van der Waals surface area (Å²) in [4.78, 5) is 3.71. The number of hydrogen-bond donors (Lipinski definition) is 0. The van der Waals surface area contributed by atoms with Crippen LogP contribution in [-0.4, -0.2) is 13.4 Å². The topological polar surface area (TPSA) is 37.1 Å². The average molecular weight is 111 g/mol. The first-order valence-electron chi connectivity index (χ1n) is 2.33. The van der Waals surface area contributed by atoms with Crippen LogP contribution in [0, 0.1) is 0 Å². The van der Waals surface area contributed by atoms with Gasteiger partial charge in [-0.2, -0.15) is 5.11 Å². The molecule has 0 aliphatic carbocycles. The van der Waals surface area contributed by atoms with Gasteiger partial charge in [-0.15, -0.1) is 5.11 Å². The maximum Gasteiger partial charge on any atom is 0.137 e. The Morgan fingerprint density at radius 3 is 2.62 bits per heavy atom. The first kappa shape index (κ1) is 7.01. The van der Waals surface area contributed by atoms with Crippen LogP contribution in [0.2, 0.25) is 0 Å². The van der Waals surface area contributed by atoms with Crippen molar-refractivity contribution >= 4 is 6.34 Å². The summed E-state index contributed by atoms with van der Waals surface area (Å²) in [5, 5.41) is 6.94. The number of allylic oxidation sites excluding steroid dienone is 1. The molecule has 0 unspecified atom stereocenters. The third kappa shape index (κ3) is 5.01. The molecule has 0 aromatic heterocycles. The van der Waals surface area contributed by atoms with Crippen LogP contribution in [0.5, 0.6) is 0 Å². The molecule has 0 fully saturated rings. The van der Waals surface area contributed by atoms with E-state index < -0.39 is 0 Å². The van der Waals surface area contributed by atoms with Gasteiger partial charge in [0.25, 0.3) is 0 Å². The van der Waals surface area contributed by atoms with Gasteiger partial charge in [-0.3, -0.25) is 0 Å². The summed E-state index contributed by atoms with van der Waals surface area (Å²) in [7, 11) is 1.60. The number of aliphatic imine (C=N–C) groups is 1. The minimum atomic E-state index is 1.39. The monoisotopic (exact) mass is 111 g/mol. The average Bonchev–Trinajstić information content (AvgIpc) is 1.81. The largest absolute Gasteiger partial charge is 0.243 e. The molecular formula is C5H9N3. The minimum Gasteiger partial charge on any atom is -0.243 e. The highest BCUT2D eigenvalue weighted by atomic mass is 15.1. The van der Waals surface area contributed by atoms with E-state index >= 15 is 0 Å². The van der Waals surface area contributed by atoms with Gasteiger partial charge < -0.3 is 0 Å². The Kier molecular flexibility index (Phi) is 5.27. The molecule has 0 N–H and O–H groups in total. The highest BCUT2D eigenvalue weighted by Crippen LogP contribution is 1.70. The lowest BCUT2D eigenvalue weighted by Crippen LogP contribution is -1.57. The van der Waals surface area contributed by atoms with Crippen LogP contribution in [-0.2, 0) is 0 Å². The van der Waals surface area contributed by atoms with Crippen molar-refractivity contribution in [1.82, 2.24) is 0 Å². The minimum absolute atomic E-state index is 1.39. The van der Waals surface area contributed by atoms with Gasteiger partial charge >= 0.3 is 0 Å². The number of rotatable bonds is 2. The van der Waals surface area contributed by atoms with E-state index in [-0.39, 0.29) is 0 Å². The van der Waals surface area contributed by atoms with Crippen LogP contribution in [0.4, 0.5) is 0 Å². The fourth-order valence-electron chi connectivity index (χ4n) is 0.206. The molecule has 0 saturated carbocycles. The summed E-state index contributed by atoms with van der Waals surface area (Å²) in [6.07, 6.45) is 4.86. The molecule has 0 bridgehead atoms. The SMILES string of the molecule is C/C=C\N=CN=NC. The third-order valence-corrected chi connectivity index (χ3v) is 0.469. The smallest absolute Gasteiger partial charge is 0.137 e. The molecule has 0 saturated heterocycles. The molecule has 0 amide bonds. The fraction of sp³-hybridized carbons (Fsp3) is 0.400. The van der Waals surface area contributed by atoms with E-state index in [2.05, 4.69) is 15.2 Å². The van der Waals surface area contributed by atoms with Crippen molar-refractivity contribution in [2.75, 3.05) is 7.05 Å². The molecule has 44 valence electrons. The van der Waals surface area contributed by atoms with E-state index in [0.717, 1.165) is 0 Å². The molecule has 0 rings (SSSR count). The van der Waals surface area contributed by atoms with Crippen LogP contribution in [0.1, 0.15) is 6.92 Å². The van der Waals surface area contributed by atoms with Crippen LogP contribution in [0.15, 0.2) is 27.5 Å². The molecule has 8 heavy (non-hydrogen) atoms. The summed E-state index contributed by atoms with van der Waals surface area (Å²) in [6, 6.07) is 0. The number of hydrogen-bond acceptors (Lipinski definition) is 2. The summed E-state index contributed by atoms with van der Waals surface area (Å²) in [6.45, 7) is 1.89. The second kappa shape index (κ2) is 6.01. The summed E-state index contributed by atoms with van der Waals surface area (Å²) < 4.78 is 0.